The second-order valence-corrected chi connectivity index (χ2v) is 4.48. The van der Waals surface area contributed by atoms with Crippen molar-refractivity contribution >= 4 is 15.9 Å². The molecule has 0 aliphatic heterocycles. The Morgan fingerprint density at radius 1 is 1.25 bits per heavy atom. The molecule has 0 saturated heterocycles. The van der Waals surface area contributed by atoms with Crippen molar-refractivity contribution in [2.75, 3.05) is 7.11 Å². The number of hydrogen-bond acceptors (Lipinski definition) is 2. The minimum atomic E-state index is 0.725. The fourth-order valence-corrected chi connectivity index (χ4v) is 1.92. The topological polar surface area (TPSA) is 37.9 Å². The average Bonchev–Trinajstić information content (AvgIpc) is 2.68. The number of imidazole rings is 1. The molecule has 0 spiro atoms. The lowest BCUT2D eigenvalue weighted by molar-refractivity contribution is 0.416. The third-order valence-corrected chi connectivity index (χ3v) is 3.05. The maximum Gasteiger partial charge on any atom is 0.174 e. The predicted molar refractivity (Wildman–Crippen MR) is 67.7 cm³/mol. The van der Waals surface area contributed by atoms with Crippen LogP contribution in [0.15, 0.2) is 23.1 Å². The Labute approximate surface area is 103 Å². The summed E-state index contributed by atoms with van der Waals surface area (Å²) < 4.78 is 6.11. The van der Waals surface area contributed by atoms with Gasteiger partial charge in [0.2, 0.25) is 0 Å². The van der Waals surface area contributed by atoms with E-state index in [1.807, 2.05) is 6.07 Å². The molecule has 0 saturated carbocycles. The Morgan fingerprint density at radius 3 is 2.50 bits per heavy atom. The van der Waals surface area contributed by atoms with E-state index >= 15 is 0 Å². The monoisotopic (exact) mass is 280 g/mol. The largest absolute Gasteiger partial charge is 0.496 e. The number of methoxy groups -OCH3 is 1. The molecule has 16 heavy (non-hydrogen) atoms. The van der Waals surface area contributed by atoms with Gasteiger partial charge in [-0.1, -0.05) is 0 Å². The van der Waals surface area contributed by atoms with Crippen LogP contribution in [0.3, 0.4) is 0 Å². The molecule has 0 radical (unpaired) electrons. The lowest BCUT2D eigenvalue weighted by Gasteiger charge is -2.10. The molecule has 1 N–H and O–H groups in total. The molecule has 0 fully saturated rings. The number of nitrogens with one attached hydrogen (secondary N) is 1. The highest BCUT2D eigenvalue weighted by Crippen LogP contribution is 2.31. The number of rotatable bonds is 2. The SMILES string of the molecule is COc1cc(C)c(C)cc1-c1cnc(Br)[nH]1. The number of hydrogen-bond donors (Lipinski definition) is 1. The first-order valence-electron chi connectivity index (χ1n) is 4.98. The zero-order valence-electron chi connectivity index (χ0n) is 9.47. The Morgan fingerprint density at radius 2 is 1.94 bits per heavy atom. The first-order valence-corrected chi connectivity index (χ1v) is 5.77. The first kappa shape index (κ1) is 11.2. The maximum absolute atomic E-state index is 5.38. The van der Waals surface area contributed by atoms with Crippen LogP contribution < -0.4 is 4.74 Å². The van der Waals surface area contributed by atoms with Crippen molar-refractivity contribution in [2.45, 2.75) is 13.8 Å². The fourth-order valence-electron chi connectivity index (χ4n) is 1.60. The minimum absolute atomic E-state index is 0.725. The predicted octanol–water partition coefficient (Wildman–Crippen LogP) is 3.46. The second kappa shape index (κ2) is 4.29. The number of H-pyrrole nitrogens is 1. The molecule has 3 nitrogen and oxygen atoms in total. The van der Waals surface area contributed by atoms with E-state index in [9.17, 15) is 0 Å². The Bertz CT molecular complexity index is 520. The Kier molecular flexibility index (Phi) is 3.01. The van der Waals surface area contributed by atoms with Crippen LogP contribution in [0, 0.1) is 13.8 Å². The molecule has 1 aromatic heterocycles. The zero-order valence-corrected chi connectivity index (χ0v) is 11.1. The number of aromatic amines is 1. The van der Waals surface area contributed by atoms with Gasteiger partial charge >= 0.3 is 0 Å². The van der Waals surface area contributed by atoms with Gasteiger partial charge in [-0.25, -0.2) is 4.98 Å². The summed E-state index contributed by atoms with van der Waals surface area (Å²) in [6, 6.07) is 4.15. The zero-order chi connectivity index (χ0) is 11.7. The molecule has 1 heterocycles. The van der Waals surface area contributed by atoms with Crippen LogP contribution in [0.5, 0.6) is 5.75 Å². The molecule has 2 rings (SSSR count). The summed E-state index contributed by atoms with van der Waals surface area (Å²) in [5.41, 5.74) is 4.44. The molecule has 84 valence electrons. The van der Waals surface area contributed by atoms with Gasteiger partial charge in [0.05, 0.1) is 19.0 Å². The highest BCUT2D eigenvalue weighted by Gasteiger charge is 2.10. The molecular formula is C12H13BrN2O. The summed E-state index contributed by atoms with van der Waals surface area (Å²) in [5, 5.41) is 0. The summed E-state index contributed by atoms with van der Waals surface area (Å²) in [7, 11) is 1.68. The van der Waals surface area contributed by atoms with Crippen LogP contribution in [0.1, 0.15) is 11.1 Å². The van der Waals surface area contributed by atoms with E-state index in [-0.39, 0.29) is 0 Å². The van der Waals surface area contributed by atoms with Crippen LogP contribution >= 0.6 is 15.9 Å². The van der Waals surface area contributed by atoms with Crippen molar-refractivity contribution in [1.29, 1.82) is 0 Å². The van der Waals surface area contributed by atoms with Crippen molar-refractivity contribution in [3.8, 4) is 17.0 Å². The lowest BCUT2D eigenvalue weighted by Crippen LogP contribution is -1.91. The highest BCUT2D eigenvalue weighted by atomic mass is 79.9. The smallest absolute Gasteiger partial charge is 0.174 e. The van der Waals surface area contributed by atoms with Crippen molar-refractivity contribution in [2.24, 2.45) is 0 Å². The van der Waals surface area contributed by atoms with Crippen molar-refractivity contribution < 1.29 is 4.74 Å². The van der Waals surface area contributed by atoms with Crippen molar-refractivity contribution in [3.05, 3.63) is 34.2 Å². The van der Waals surface area contributed by atoms with Crippen molar-refractivity contribution in [1.82, 2.24) is 9.97 Å². The van der Waals surface area contributed by atoms with Gasteiger partial charge in [-0.05, 0) is 53.0 Å². The fraction of sp³-hybridized carbons (Fsp3) is 0.250. The van der Waals surface area contributed by atoms with Crippen LogP contribution in [0.4, 0.5) is 0 Å². The van der Waals surface area contributed by atoms with Crippen LogP contribution in [-0.2, 0) is 0 Å². The number of aromatic nitrogens is 2. The molecule has 0 atom stereocenters. The van der Waals surface area contributed by atoms with E-state index in [1.54, 1.807) is 13.3 Å². The van der Waals surface area contributed by atoms with Gasteiger partial charge in [-0.15, -0.1) is 0 Å². The van der Waals surface area contributed by atoms with Gasteiger partial charge in [-0.3, -0.25) is 0 Å². The van der Waals surface area contributed by atoms with E-state index in [0.717, 1.165) is 21.7 Å². The quantitative estimate of drug-likeness (QED) is 0.915. The van der Waals surface area contributed by atoms with Gasteiger partial charge in [0, 0.05) is 5.56 Å². The van der Waals surface area contributed by atoms with E-state index < -0.39 is 0 Å². The molecule has 1 aromatic carbocycles. The molecule has 0 bridgehead atoms. The normalized spacial score (nSPS) is 10.5. The second-order valence-electron chi connectivity index (χ2n) is 3.72. The van der Waals surface area contributed by atoms with E-state index in [4.69, 9.17) is 4.74 Å². The van der Waals surface area contributed by atoms with Crippen LogP contribution in [0.2, 0.25) is 0 Å². The summed E-state index contributed by atoms with van der Waals surface area (Å²) in [6.45, 7) is 4.16. The van der Waals surface area contributed by atoms with Crippen LogP contribution in [0.25, 0.3) is 11.3 Å². The molecule has 0 amide bonds. The Balaban J connectivity index is 2.59. The molecule has 0 unspecified atom stereocenters. The number of aryl methyl sites for hydroxylation is 2. The van der Waals surface area contributed by atoms with Crippen LogP contribution in [-0.4, -0.2) is 17.1 Å². The number of nitrogens with zero attached hydrogens (tertiary/aromatic N) is 1. The van der Waals surface area contributed by atoms with Gasteiger partial charge in [0.25, 0.3) is 0 Å². The summed E-state index contributed by atoms with van der Waals surface area (Å²) in [4.78, 5) is 7.27. The highest BCUT2D eigenvalue weighted by molar-refractivity contribution is 9.10. The molecule has 0 aliphatic carbocycles. The number of benzene rings is 1. The molecular weight excluding hydrogens is 268 g/mol. The van der Waals surface area contributed by atoms with Gasteiger partial charge in [-0.2, -0.15) is 0 Å². The number of halogens is 1. The average molecular weight is 281 g/mol. The standard InChI is InChI=1S/C12H13BrN2O/c1-7-4-9(10-6-14-12(13)15-10)11(16-3)5-8(7)2/h4-6H,1-3H3,(H,14,15). The number of ether oxygens (including phenoxy) is 1. The lowest BCUT2D eigenvalue weighted by atomic mass is 10.0. The third kappa shape index (κ3) is 1.97. The maximum atomic E-state index is 5.38. The molecule has 2 aromatic rings. The van der Waals surface area contributed by atoms with Gasteiger partial charge in [0.15, 0.2) is 4.73 Å². The minimum Gasteiger partial charge on any atom is -0.496 e. The first-order chi connectivity index (χ1) is 7.61. The third-order valence-electron chi connectivity index (χ3n) is 2.65. The van der Waals surface area contributed by atoms with Gasteiger partial charge < -0.3 is 9.72 Å². The summed E-state index contributed by atoms with van der Waals surface area (Å²) in [5.74, 6) is 0.860. The summed E-state index contributed by atoms with van der Waals surface area (Å²) in [6.07, 6.45) is 1.79. The van der Waals surface area contributed by atoms with Gasteiger partial charge in [0.1, 0.15) is 5.75 Å². The molecule has 0 aliphatic rings. The van der Waals surface area contributed by atoms with E-state index in [0.29, 0.717) is 0 Å². The summed E-state index contributed by atoms with van der Waals surface area (Å²) >= 11 is 3.30. The molecule has 4 heteroatoms. The Hall–Kier alpha value is -1.29. The van der Waals surface area contributed by atoms with E-state index in [2.05, 4.69) is 45.8 Å². The van der Waals surface area contributed by atoms with Crippen molar-refractivity contribution in [3.63, 3.8) is 0 Å². The van der Waals surface area contributed by atoms with E-state index in [1.165, 1.54) is 11.1 Å².